The molecule has 17 heavy (non-hydrogen) atoms. The van der Waals surface area contributed by atoms with Gasteiger partial charge in [-0.3, -0.25) is 9.69 Å². The molecule has 1 aliphatic carbocycles. The molecular formula is C13H17NO3. The first-order valence-corrected chi connectivity index (χ1v) is 5.68. The van der Waals surface area contributed by atoms with Gasteiger partial charge in [0.2, 0.25) is 0 Å². The van der Waals surface area contributed by atoms with E-state index in [9.17, 15) is 4.79 Å². The van der Waals surface area contributed by atoms with E-state index in [0.717, 1.165) is 24.3 Å². The van der Waals surface area contributed by atoms with Gasteiger partial charge >= 0.3 is 5.97 Å². The Morgan fingerprint density at radius 3 is 2.94 bits per heavy atom. The summed E-state index contributed by atoms with van der Waals surface area (Å²) in [6, 6.07) is 8.04. The minimum atomic E-state index is -0.688. The van der Waals surface area contributed by atoms with Crippen molar-refractivity contribution in [3.8, 4) is 5.75 Å². The smallest absolute Gasteiger partial charge is 0.308 e. The maximum absolute atomic E-state index is 10.8. The highest BCUT2D eigenvalue weighted by atomic mass is 16.5. The number of carboxylic acid groups (broad SMARTS) is 1. The Labute approximate surface area is 101 Å². The van der Waals surface area contributed by atoms with Crippen LogP contribution >= 0.6 is 0 Å². The zero-order valence-corrected chi connectivity index (χ0v) is 10.1. The van der Waals surface area contributed by atoms with E-state index in [1.165, 1.54) is 0 Å². The quantitative estimate of drug-likeness (QED) is 0.842. The molecule has 0 spiro atoms. The highest BCUT2D eigenvalue weighted by molar-refractivity contribution is 5.74. The lowest BCUT2D eigenvalue weighted by Gasteiger charge is -2.16. The fourth-order valence-corrected chi connectivity index (χ4v) is 2.11. The lowest BCUT2D eigenvalue weighted by molar-refractivity contribution is -0.138. The lowest BCUT2D eigenvalue weighted by atomic mass is 10.2. The number of rotatable bonds is 5. The van der Waals surface area contributed by atoms with Crippen molar-refractivity contribution < 1.29 is 14.6 Å². The molecule has 0 heterocycles. The van der Waals surface area contributed by atoms with Gasteiger partial charge in [-0.15, -0.1) is 0 Å². The number of aliphatic carboxylic acids is 1. The number of benzene rings is 1. The molecule has 2 rings (SSSR count). The van der Waals surface area contributed by atoms with Crippen molar-refractivity contribution in [3.63, 3.8) is 0 Å². The first-order chi connectivity index (χ1) is 8.11. The third-order valence-corrected chi connectivity index (χ3v) is 3.21. The Morgan fingerprint density at radius 2 is 2.35 bits per heavy atom. The van der Waals surface area contributed by atoms with E-state index in [1.807, 2.05) is 31.3 Å². The summed E-state index contributed by atoms with van der Waals surface area (Å²) in [5.74, 6) is -0.0421. The third kappa shape index (κ3) is 2.77. The molecule has 92 valence electrons. The van der Waals surface area contributed by atoms with Crippen molar-refractivity contribution in [1.29, 1.82) is 0 Å². The normalized spacial score (nSPS) is 22.5. The molecule has 4 nitrogen and oxygen atoms in total. The molecule has 0 aromatic heterocycles. The van der Waals surface area contributed by atoms with Gasteiger partial charge < -0.3 is 9.84 Å². The minimum Gasteiger partial charge on any atom is -0.497 e. The van der Waals surface area contributed by atoms with Crippen LogP contribution in [0.1, 0.15) is 12.0 Å². The average Bonchev–Trinajstić information content (AvgIpc) is 3.09. The van der Waals surface area contributed by atoms with Crippen LogP contribution in [0.3, 0.4) is 0 Å². The monoisotopic (exact) mass is 235 g/mol. The van der Waals surface area contributed by atoms with Crippen molar-refractivity contribution in [3.05, 3.63) is 29.8 Å². The van der Waals surface area contributed by atoms with Crippen molar-refractivity contribution >= 4 is 5.97 Å². The first kappa shape index (κ1) is 11.9. The van der Waals surface area contributed by atoms with Crippen LogP contribution in [-0.2, 0) is 11.3 Å². The van der Waals surface area contributed by atoms with Crippen molar-refractivity contribution in [2.45, 2.75) is 19.0 Å². The van der Waals surface area contributed by atoms with Crippen LogP contribution in [0.2, 0.25) is 0 Å². The van der Waals surface area contributed by atoms with Crippen LogP contribution in [-0.4, -0.2) is 36.2 Å². The van der Waals surface area contributed by atoms with Crippen LogP contribution in [0.5, 0.6) is 5.75 Å². The molecule has 1 aromatic rings. The van der Waals surface area contributed by atoms with Gasteiger partial charge in [0.25, 0.3) is 0 Å². The summed E-state index contributed by atoms with van der Waals surface area (Å²) in [6.07, 6.45) is 0.760. The second kappa shape index (κ2) is 4.75. The average molecular weight is 235 g/mol. The Bertz CT molecular complexity index is 419. The molecule has 1 fully saturated rings. The van der Waals surface area contributed by atoms with Gasteiger partial charge in [-0.25, -0.2) is 0 Å². The van der Waals surface area contributed by atoms with Gasteiger partial charge in [-0.1, -0.05) is 12.1 Å². The molecule has 0 aliphatic heterocycles. The third-order valence-electron chi connectivity index (χ3n) is 3.21. The van der Waals surface area contributed by atoms with E-state index in [-0.39, 0.29) is 12.0 Å². The standard InChI is InChI=1S/C13H17NO3/c1-14(12-7-11(12)13(15)16)8-9-4-3-5-10(6-9)17-2/h3-6,11-12H,7-8H2,1-2H3,(H,15,16). The number of hydrogen-bond donors (Lipinski definition) is 1. The molecule has 0 amide bonds. The molecule has 0 bridgehead atoms. The lowest BCUT2D eigenvalue weighted by Crippen LogP contribution is -2.23. The van der Waals surface area contributed by atoms with E-state index in [4.69, 9.17) is 9.84 Å². The molecule has 2 atom stereocenters. The van der Waals surface area contributed by atoms with Gasteiger partial charge in [0.05, 0.1) is 13.0 Å². The summed E-state index contributed by atoms with van der Waals surface area (Å²) in [4.78, 5) is 12.9. The Morgan fingerprint density at radius 1 is 1.59 bits per heavy atom. The summed E-state index contributed by atoms with van der Waals surface area (Å²) in [5, 5.41) is 8.87. The van der Waals surface area contributed by atoms with E-state index in [0.29, 0.717) is 0 Å². The molecule has 1 saturated carbocycles. The predicted molar refractivity (Wildman–Crippen MR) is 64.0 cm³/mol. The topological polar surface area (TPSA) is 49.8 Å². The highest BCUT2D eigenvalue weighted by Gasteiger charge is 2.45. The van der Waals surface area contributed by atoms with Gasteiger partial charge in [0.15, 0.2) is 0 Å². The number of carboxylic acids is 1. The zero-order chi connectivity index (χ0) is 12.4. The minimum absolute atomic E-state index is 0.179. The number of nitrogens with zero attached hydrogens (tertiary/aromatic N) is 1. The SMILES string of the molecule is COc1cccc(CN(C)C2CC2C(=O)O)c1. The second-order valence-corrected chi connectivity index (χ2v) is 4.51. The van der Waals surface area contributed by atoms with Gasteiger partial charge in [-0.2, -0.15) is 0 Å². The largest absolute Gasteiger partial charge is 0.497 e. The van der Waals surface area contributed by atoms with Crippen LogP contribution in [0, 0.1) is 5.92 Å². The highest BCUT2D eigenvalue weighted by Crippen LogP contribution is 2.35. The summed E-state index contributed by atoms with van der Waals surface area (Å²) in [7, 11) is 3.61. The van der Waals surface area contributed by atoms with E-state index >= 15 is 0 Å². The maximum atomic E-state index is 10.8. The molecule has 0 radical (unpaired) electrons. The number of hydrogen-bond acceptors (Lipinski definition) is 3. The summed E-state index contributed by atoms with van der Waals surface area (Å²) in [6.45, 7) is 0.756. The van der Waals surface area contributed by atoms with Crippen LogP contribution in [0.25, 0.3) is 0 Å². The van der Waals surface area contributed by atoms with Crippen LogP contribution in [0.4, 0.5) is 0 Å². The summed E-state index contributed by atoms with van der Waals surface area (Å²) in [5.41, 5.74) is 1.14. The van der Waals surface area contributed by atoms with Crippen LogP contribution in [0.15, 0.2) is 24.3 Å². The Kier molecular flexibility index (Phi) is 3.33. The number of methoxy groups -OCH3 is 1. The van der Waals surface area contributed by atoms with Gasteiger partial charge in [0.1, 0.15) is 5.75 Å². The number of ether oxygens (including phenoxy) is 1. The molecule has 0 saturated heterocycles. The Hall–Kier alpha value is -1.55. The van der Waals surface area contributed by atoms with Crippen LogP contribution < -0.4 is 4.74 Å². The van der Waals surface area contributed by atoms with E-state index in [1.54, 1.807) is 7.11 Å². The molecule has 2 unspecified atom stereocenters. The zero-order valence-electron chi connectivity index (χ0n) is 10.1. The first-order valence-electron chi connectivity index (χ1n) is 5.68. The van der Waals surface area contributed by atoms with Gasteiger partial charge in [-0.05, 0) is 31.2 Å². The Balaban J connectivity index is 1.94. The summed E-state index contributed by atoms with van der Waals surface area (Å²) < 4.78 is 5.16. The van der Waals surface area contributed by atoms with E-state index < -0.39 is 5.97 Å². The maximum Gasteiger partial charge on any atom is 0.308 e. The molecule has 1 aromatic carbocycles. The molecule has 1 N–H and O–H groups in total. The fourth-order valence-electron chi connectivity index (χ4n) is 2.11. The molecular weight excluding hydrogens is 218 g/mol. The molecule has 4 heteroatoms. The molecule has 1 aliphatic rings. The number of carbonyl (C=O) groups is 1. The fraction of sp³-hybridized carbons (Fsp3) is 0.462. The van der Waals surface area contributed by atoms with Crippen molar-refractivity contribution in [1.82, 2.24) is 4.90 Å². The second-order valence-electron chi connectivity index (χ2n) is 4.51. The van der Waals surface area contributed by atoms with E-state index in [2.05, 4.69) is 4.90 Å². The van der Waals surface area contributed by atoms with Crippen molar-refractivity contribution in [2.24, 2.45) is 5.92 Å². The predicted octanol–water partition coefficient (Wildman–Crippen LogP) is 1.60. The van der Waals surface area contributed by atoms with Gasteiger partial charge in [0, 0.05) is 12.6 Å². The summed E-state index contributed by atoms with van der Waals surface area (Å²) >= 11 is 0. The van der Waals surface area contributed by atoms with Crippen molar-refractivity contribution in [2.75, 3.05) is 14.2 Å².